The Morgan fingerprint density at radius 3 is 1.18 bits per heavy atom. The highest BCUT2D eigenvalue weighted by Crippen LogP contribution is 2.42. The first-order chi connectivity index (χ1) is 19.5. The number of benzene rings is 3. The fraction of sp³-hybridized carbons (Fsp3) is 0.214. The van der Waals surface area contributed by atoms with Crippen molar-refractivity contribution in [3.05, 3.63) is 48.5 Å². The molecule has 2 N–H and O–H groups in total. The number of ether oxygens (including phenoxy) is 6. The molecular formula is C28H28N6O6. The Kier molecular flexibility index (Phi) is 7.40. The quantitative estimate of drug-likeness (QED) is 0.256. The SMILES string of the molecule is COc1cc(-c2n[nH]c(-c3cccc(-c4nc(-c5cc(OC)c(OC)c(OC)c5)n[nH]4)c3)n2)cc(OC)c1OC. The Morgan fingerprint density at radius 1 is 0.475 bits per heavy atom. The summed E-state index contributed by atoms with van der Waals surface area (Å²) in [6, 6.07) is 14.9. The van der Waals surface area contributed by atoms with Gasteiger partial charge >= 0.3 is 0 Å². The summed E-state index contributed by atoms with van der Waals surface area (Å²) in [4.78, 5) is 9.39. The lowest BCUT2D eigenvalue weighted by atomic mass is 10.1. The molecule has 0 saturated carbocycles. The van der Waals surface area contributed by atoms with Gasteiger partial charge < -0.3 is 28.4 Å². The van der Waals surface area contributed by atoms with E-state index >= 15 is 0 Å². The monoisotopic (exact) mass is 544 g/mol. The van der Waals surface area contributed by atoms with Crippen molar-refractivity contribution in [2.24, 2.45) is 0 Å². The summed E-state index contributed by atoms with van der Waals surface area (Å²) < 4.78 is 32.7. The first-order valence-corrected chi connectivity index (χ1v) is 12.1. The van der Waals surface area contributed by atoms with Crippen LogP contribution in [0.5, 0.6) is 34.5 Å². The maximum absolute atomic E-state index is 5.46. The molecule has 0 aliphatic rings. The van der Waals surface area contributed by atoms with E-state index in [1.807, 2.05) is 24.3 Å². The molecule has 12 heteroatoms. The van der Waals surface area contributed by atoms with Gasteiger partial charge in [0, 0.05) is 22.3 Å². The number of hydrogen-bond donors (Lipinski definition) is 2. The molecule has 0 saturated heterocycles. The van der Waals surface area contributed by atoms with Crippen molar-refractivity contribution in [3.8, 4) is 80.0 Å². The van der Waals surface area contributed by atoms with Gasteiger partial charge in [0.2, 0.25) is 11.5 Å². The predicted octanol–water partition coefficient (Wildman–Crippen LogP) is 4.64. The number of methoxy groups -OCH3 is 6. The molecule has 40 heavy (non-hydrogen) atoms. The number of aromatic amines is 2. The van der Waals surface area contributed by atoms with Crippen LogP contribution in [0, 0.1) is 0 Å². The topological polar surface area (TPSA) is 139 Å². The summed E-state index contributed by atoms with van der Waals surface area (Å²) in [5.41, 5.74) is 3.04. The van der Waals surface area contributed by atoms with Crippen LogP contribution in [0.4, 0.5) is 0 Å². The Morgan fingerprint density at radius 2 is 0.850 bits per heavy atom. The molecule has 0 unspecified atom stereocenters. The first-order valence-electron chi connectivity index (χ1n) is 12.1. The fourth-order valence-corrected chi connectivity index (χ4v) is 4.27. The van der Waals surface area contributed by atoms with Crippen molar-refractivity contribution in [3.63, 3.8) is 0 Å². The van der Waals surface area contributed by atoms with Crippen molar-refractivity contribution in [2.45, 2.75) is 0 Å². The lowest BCUT2D eigenvalue weighted by Gasteiger charge is -2.12. The van der Waals surface area contributed by atoms with Crippen LogP contribution < -0.4 is 28.4 Å². The lowest BCUT2D eigenvalue weighted by molar-refractivity contribution is 0.324. The van der Waals surface area contributed by atoms with E-state index in [0.717, 1.165) is 11.1 Å². The zero-order valence-electron chi connectivity index (χ0n) is 22.9. The van der Waals surface area contributed by atoms with Gasteiger partial charge in [-0.2, -0.15) is 10.2 Å². The summed E-state index contributed by atoms with van der Waals surface area (Å²) >= 11 is 0. The lowest BCUT2D eigenvalue weighted by Crippen LogP contribution is -1.96. The zero-order chi connectivity index (χ0) is 28.2. The second-order valence-corrected chi connectivity index (χ2v) is 8.42. The van der Waals surface area contributed by atoms with Crippen LogP contribution in [0.3, 0.4) is 0 Å². The number of aromatic nitrogens is 6. The van der Waals surface area contributed by atoms with Gasteiger partial charge in [-0.1, -0.05) is 18.2 Å². The van der Waals surface area contributed by atoms with E-state index in [-0.39, 0.29) is 0 Å². The summed E-state index contributed by atoms with van der Waals surface area (Å²) in [5, 5.41) is 14.8. The zero-order valence-corrected chi connectivity index (χ0v) is 22.9. The fourth-order valence-electron chi connectivity index (χ4n) is 4.27. The largest absolute Gasteiger partial charge is 0.493 e. The molecule has 3 aromatic carbocycles. The van der Waals surface area contributed by atoms with Crippen LogP contribution in [-0.4, -0.2) is 73.0 Å². The highest BCUT2D eigenvalue weighted by Gasteiger charge is 2.19. The Bertz CT molecular complexity index is 1480. The minimum Gasteiger partial charge on any atom is -0.493 e. The van der Waals surface area contributed by atoms with Crippen molar-refractivity contribution < 1.29 is 28.4 Å². The molecule has 0 amide bonds. The van der Waals surface area contributed by atoms with Crippen LogP contribution in [0.15, 0.2) is 48.5 Å². The molecule has 2 heterocycles. The van der Waals surface area contributed by atoms with Crippen LogP contribution >= 0.6 is 0 Å². The molecule has 0 spiro atoms. The molecular weight excluding hydrogens is 516 g/mol. The van der Waals surface area contributed by atoms with Gasteiger partial charge in [-0.3, -0.25) is 10.2 Å². The molecule has 5 rings (SSSR count). The van der Waals surface area contributed by atoms with Gasteiger partial charge in [-0.15, -0.1) is 0 Å². The Hall–Kier alpha value is -5.26. The van der Waals surface area contributed by atoms with Gasteiger partial charge in [-0.05, 0) is 30.3 Å². The van der Waals surface area contributed by atoms with E-state index in [9.17, 15) is 0 Å². The molecule has 0 radical (unpaired) electrons. The van der Waals surface area contributed by atoms with Gasteiger partial charge in [0.15, 0.2) is 46.3 Å². The Balaban J connectivity index is 1.45. The number of nitrogens with zero attached hydrogens (tertiary/aromatic N) is 4. The Labute approximate surface area is 230 Å². The average molecular weight is 545 g/mol. The van der Waals surface area contributed by atoms with E-state index in [1.165, 1.54) is 0 Å². The van der Waals surface area contributed by atoms with Crippen LogP contribution in [0.1, 0.15) is 0 Å². The van der Waals surface area contributed by atoms with E-state index in [0.29, 0.717) is 68.9 Å². The first kappa shape index (κ1) is 26.4. The summed E-state index contributed by atoms with van der Waals surface area (Å²) in [5.74, 6) is 5.15. The standard InChI is InChI=1S/C28H28N6O6/c1-35-19-11-17(12-20(36-2)23(19)39-5)27-29-25(31-33-27)15-8-7-9-16(10-15)26-30-28(34-32-26)18-13-21(37-3)24(40-6)22(14-18)38-4/h7-14H,1-6H3,(H,29,31,33)(H,30,32,34). The third-order valence-electron chi connectivity index (χ3n) is 6.23. The maximum atomic E-state index is 5.46. The third-order valence-corrected chi connectivity index (χ3v) is 6.23. The van der Waals surface area contributed by atoms with Crippen molar-refractivity contribution in [1.82, 2.24) is 30.4 Å². The van der Waals surface area contributed by atoms with Gasteiger partial charge in [-0.25, -0.2) is 9.97 Å². The normalized spacial score (nSPS) is 10.8. The summed E-state index contributed by atoms with van der Waals surface area (Å²) in [7, 11) is 9.36. The molecule has 0 aliphatic heterocycles. The molecule has 2 aromatic heterocycles. The molecule has 0 aliphatic carbocycles. The highest BCUT2D eigenvalue weighted by atomic mass is 16.5. The molecule has 206 valence electrons. The van der Waals surface area contributed by atoms with E-state index in [1.54, 1.807) is 66.9 Å². The third kappa shape index (κ3) is 4.82. The number of H-pyrrole nitrogens is 2. The minimum absolute atomic E-state index is 0.476. The van der Waals surface area contributed by atoms with Crippen LogP contribution in [-0.2, 0) is 0 Å². The van der Waals surface area contributed by atoms with E-state index in [2.05, 4.69) is 20.4 Å². The number of nitrogens with one attached hydrogen (secondary N) is 2. The van der Waals surface area contributed by atoms with Gasteiger partial charge in [0.25, 0.3) is 0 Å². The molecule has 0 fully saturated rings. The number of rotatable bonds is 10. The van der Waals surface area contributed by atoms with E-state index < -0.39 is 0 Å². The minimum atomic E-state index is 0.476. The van der Waals surface area contributed by atoms with Crippen LogP contribution in [0.2, 0.25) is 0 Å². The van der Waals surface area contributed by atoms with Crippen molar-refractivity contribution >= 4 is 0 Å². The van der Waals surface area contributed by atoms with Crippen molar-refractivity contribution in [2.75, 3.05) is 42.7 Å². The van der Waals surface area contributed by atoms with E-state index in [4.69, 9.17) is 38.4 Å². The second-order valence-electron chi connectivity index (χ2n) is 8.42. The summed E-state index contributed by atoms with van der Waals surface area (Å²) in [6.07, 6.45) is 0. The highest BCUT2D eigenvalue weighted by molar-refractivity contribution is 5.72. The van der Waals surface area contributed by atoms with Gasteiger partial charge in [0.1, 0.15) is 0 Å². The smallest absolute Gasteiger partial charge is 0.203 e. The predicted molar refractivity (Wildman–Crippen MR) is 147 cm³/mol. The second kappa shape index (κ2) is 11.2. The van der Waals surface area contributed by atoms with Crippen LogP contribution in [0.25, 0.3) is 45.6 Å². The molecule has 0 bridgehead atoms. The van der Waals surface area contributed by atoms with Crippen molar-refractivity contribution in [1.29, 1.82) is 0 Å². The molecule has 12 nitrogen and oxygen atoms in total. The van der Waals surface area contributed by atoms with Gasteiger partial charge in [0.05, 0.1) is 42.7 Å². The molecule has 0 atom stereocenters. The number of hydrogen-bond acceptors (Lipinski definition) is 10. The molecule has 5 aromatic rings. The summed E-state index contributed by atoms with van der Waals surface area (Å²) in [6.45, 7) is 0. The average Bonchev–Trinajstić information content (AvgIpc) is 3.70. The maximum Gasteiger partial charge on any atom is 0.203 e.